The molecule has 3 fully saturated rings. The minimum absolute atomic E-state index is 0.0987. The Morgan fingerprint density at radius 3 is 2.71 bits per heavy atom. The van der Waals surface area contributed by atoms with Gasteiger partial charge in [0.15, 0.2) is 0 Å². The number of amides is 1. The van der Waals surface area contributed by atoms with Crippen LogP contribution in [-0.4, -0.2) is 36.5 Å². The second-order valence-corrected chi connectivity index (χ2v) is 7.89. The van der Waals surface area contributed by atoms with Gasteiger partial charge in [0.05, 0.1) is 4.88 Å². The van der Waals surface area contributed by atoms with Gasteiger partial charge < -0.3 is 10.2 Å². The van der Waals surface area contributed by atoms with Crippen LogP contribution in [0.3, 0.4) is 0 Å². The predicted octanol–water partition coefficient (Wildman–Crippen LogP) is 3.30. The van der Waals surface area contributed by atoms with Crippen molar-refractivity contribution in [3.63, 3.8) is 0 Å². The smallest absolute Gasteiger partial charge is 0.261 e. The fraction of sp³-hybridized carbons (Fsp3) is 0.438. The normalized spacial score (nSPS) is 27.7. The van der Waals surface area contributed by atoms with E-state index in [4.69, 9.17) is 0 Å². The third-order valence-electron chi connectivity index (χ3n) is 4.57. The molecule has 3 saturated heterocycles. The van der Waals surface area contributed by atoms with Crippen molar-refractivity contribution in [1.82, 2.24) is 10.2 Å². The van der Waals surface area contributed by atoms with Crippen LogP contribution in [0.4, 0.5) is 0 Å². The lowest BCUT2D eigenvalue weighted by atomic mass is 9.84. The molecule has 1 atom stereocenters. The van der Waals surface area contributed by atoms with Gasteiger partial charge in [-0.15, -0.1) is 22.7 Å². The van der Waals surface area contributed by atoms with Crippen molar-refractivity contribution in [2.75, 3.05) is 19.6 Å². The molecule has 5 rings (SSSR count). The number of rotatable bonds is 3. The average Bonchev–Trinajstić information content (AvgIpc) is 3.20. The number of piperidine rings is 3. The molecule has 0 spiro atoms. The summed E-state index contributed by atoms with van der Waals surface area (Å²) in [6.07, 6.45) is 2.46. The molecule has 0 aliphatic carbocycles. The Balaban J connectivity index is 1.46. The second kappa shape index (κ2) is 5.55. The van der Waals surface area contributed by atoms with Crippen molar-refractivity contribution in [2.24, 2.45) is 5.92 Å². The molecule has 2 aromatic rings. The molecular formula is C16H18N2OS2. The summed E-state index contributed by atoms with van der Waals surface area (Å²) in [6, 6.07) is 8.50. The van der Waals surface area contributed by atoms with Crippen LogP contribution in [0, 0.1) is 5.92 Å². The van der Waals surface area contributed by atoms with E-state index in [1.807, 2.05) is 12.1 Å². The zero-order valence-corrected chi connectivity index (χ0v) is 13.4. The van der Waals surface area contributed by atoms with E-state index in [1.165, 1.54) is 35.7 Å². The molecule has 5 heterocycles. The molecule has 1 amide bonds. The van der Waals surface area contributed by atoms with Gasteiger partial charge in [-0.25, -0.2) is 0 Å². The third kappa shape index (κ3) is 2.65. The monoisotopic (exact) mass is 318 g/mol. The van der Waals surface area contributed by atoms with Crippen molar-refractivity contribution >= 4 is 28.6 Å². The van der Waals surface area contributed by atoms with Crippen LogP contribution in [0.5, 0.6) is 0 Å². The van der Waals surface area contributed by atoms with Crippen LogP contribution in [0.25, 0.3) is 9.75 Å². The van der Waals surface area contributed by atoms with Crippen LogP contribution in [-0.2, 0) is 0 Å². The Morgan fingerprint density at radius 1 is 1.19 bits per heavy atom. The Morgan fingerprint density at radius 2 is 2.05 bits per heavy atom. The highest BCUT2D eigenvalue weighted by Crippen LogP contribution is 2.32. The third-order valence-corrected chi connectivity index (χ3v) is 6.72. The summed E-state index contributed by atoms with van der Waals surface area (Å²) in [7, 11) is 0. The van der Waals surface area contributed by atoms with Gasteiger partial charge in [0.1, 0.15) is 0 Å². The lowest BCUT2D eigenvalue weighted by Crippen LogP contribution is -2.57. The van der Waals surface area contributed by atoms with Crippen molar-refractivity contribution in [2.45, 2.75) is 18.9 Å². The number of nitrogens with one attached hydrogen (secondary N) is 1. The number of hydrogen-bond acceptors (Lipinski definition) is 4. The highest BCUT2D eigenvalue weighted by atomic mass is 32.1. The first-order valence-electron chi connectivity index (χ1n) is 7.46. The molecule has 0 radical (unpaired) electrons. The number of carbonyl (C=O) groups is 1. The second-order valence-electron chi connectivity index (χ2n) is 5.86. The zero-order chi connectivity index (χ0) is 14.2. The van der Waals surface area contributed by atoms with E-state index in [2.05, 4.69) is 27.7 Å². The minimum atomic E-state index is 0.0987. The lowest BCUT2D eigenvalue weighted by Gasteiger charge is -2.44. The van der Waals surface area contributed by atoms with E-state index in [9.17, 15) is 4.79 Å². The van der Waals surface area contributed by atoms with Gasteiger partial charge in [0.2, 0.25) is 0 Å². The number of hydrogen-bond donors (Lipinski definition) is 1. The number of nitrogens with zero attached hydrogens (tertiary/aromatic N) is 1. The van der Waals surface area contributed by atoms with Gasteiger partial charge in [-0.05, 0) is 55.4 Å². The fourth-order valence-electron chi connectivity index (χ4n) is 3.38. The summed E-state index contributed by atoms with van der Waals surface area (Å²) in [4.78, 5) is 18.2. The number of fused-ring (bicyclic) bond motifs is 3. The Labute approximate surface area is 132 Å². The highest BCUT2D eigenvalue weighted by molar-refractivity contribution is 7.22. The van der Waals surface area contributed by atoms with Gasteiger partial charge in [0.25, 0.3) is 5.91 Å². The molecule has 3 nitrogen and oxygen atoms in total. The quantitative estimate of drug-likeness (QED) is 0.942. The van der Waals surface area contributed by atoms with Gasteiger partial charge in [-0.2, -0.15) is 0 Å². The lowest BCUT2D eigenvalue weighted by molar-refractivity contribution is 0.0622. The zero-order valence-electron chi connectivity index (χ0n) is 11.7. The van der Waals surface area contributed by atoms with Gasteiger partial charge in [-0.1, -0.05) is 6.07 Å². The number of carbonyl (C=O) groups excluding carboxylic acids is 1. The van der Waals surface area contributed by atoms with E-state index < -0.39 is 0 Å². The summed E-state index contributed by atoms with van der Waals surface area (Å²) in [5.74, 6) is 0.775. The standard InChI is InChI=1S/C16H18N2OS2/c19-16(17-12-10-18-7-5-11(12)6-8-18)15-4-3-14(21-15)13-2-1-9-20-13/h1-4,9,11-12H,5-8,10H2,(H,17,19)/t12-/m0/s1. The predicted molar refractivity (Wildman–Crippen MR) is 88.1 cm³/mol. The van der Waals surface area contributed by atoms with E-state index in [0.717, 1.165) is 11.4 Å². The SMILES string of the molecule is O=C(N[C@H]1CN2CCC1CC2)c1ccc(-c2cccs2)s1. The Kier molecular flexibility index (Phi) is 3.57. The molecule has 1 N–H and O–H groups in total. The van der Waals surface area contributed by atoms with Crippen LogP contribution in [0.2, 0.25) is 0 Å². The molecule has 110 valence electrons. The molecule has 2 bridgehead atoms. The summed E-state index contributed by atoms with van der Waals surface area (Å²) >= 11 is 3.31. The highest BCUT2D eigenvalue weighted by Gasteiger charge is 2.35. The van der Waals surface area contributed by atoms with Crippen molar-refractivity contribution in [1.29, 1.82) is 0 Å². The van der Waals surface area contributed by atoms with Crippen molar-refractivity contribution < 1.29 is 4.79 Å². The first-order chi connectivity index (χ1) is 10.3. The molecule has 2 aromatic heterocycles. The van der Waals surface area contributed by atoms with Crippen LogP contribution in [0.15, 0.2) is 29.6 Å². The van der Waals surface area contributed by atoms with Gasteiger partial charge in [0, 0.05) is 22.3 Å². The van der Waals surface area contributed by atoms with E-state index in [-0.39, 0.29) is 5.91 Å². The molecule has 0 unspecified atom stereocenters. The topological polar surface area (TPSA) is 32.3 Å². The maximum atomic E-state index is 12.5. The first-order valence-corrected chi connectivity index (χ1v) is 9.16. The minimum Gasteiger partial charge on any atom is -0.347 e. The van der Waals surface area contributed by atoms with Crippen molar-refractivity contribution in [3.05, 3.63) is 34.5 Å². The summed E-state index contributed by atoms with van der Waals surface area (Å²) in [5, 5.41) is 5.33. The molecular weight excluding hydrogens is 300 g/mol. The van der Waals surface area contributed by atoms with E-state index >= 15 is 0 Å². The van der Waals surface area contributed by atoms with Crippen LogP contribution < -0.4 is 5.32 Å². The average molecular weight is 318 g/mol. The molecule has 3 aliphatic rings. The summed E-state index contributed by atoms with van der Waals surface area (Å²) in [6.45, 7) is 3.44. The van der Waals surface area contributed by atoms with Crippen LogP contribution >= 0.6 is 22.7 Å². The maximum Gasteiger partial charge on any atom is 0.261 e. The van der Waals surface area contributed by atoms with Gasteiger partial charge in [-0.3, -0.25) is 4.79 Å². The molecule has 0 aromatic carbocycles. The van der Waals surface area contributed by atoms with Crippen molar-refractivity contribution in [3.8, 4) is 9.75 Å². The van der Waals surface area contributed by atoms with E-state index in [1.54, 1.807) is 22.7 Å². The Hall–Kier alpha value is -1.17. The van der Waals surface area contributed by atoms with E-state index in [0.29, 0.717) is 12.0 Å². The molecule has 5 heteroatoms. The largest absolute Gasteiger partial charge is 0.347 e. The fourth-order valence-corrected chi connectivity index (χ4v) is 5.12. The summed E-state index contributed by atoms with van der Waals surface area (Å²) in [5.41, 5.74) is 0. The molecule has 21 heavy (non-hydrogen) atoms. The maximum absolute atomic E-state index is 12.5. The van der Waals surface area contributed by atoms with Gasteiger partial charge >= 0.3 is 0 Å². The molecule has 3 aliphatic heterocycles. The Bertz CT molecular complexity index is 627. The molecule has 0 saturated carbocycles. The summed E-state index contributed by atoms with van der Waals surface area (Å²) < 4.78 is 0. The first kappa shape index (κ1) is 13.5. The van der Waals surface area contributed by atoms with Crippen LogP contribution in [0.1, 0.15) is 22.5 Å². The number of thiophene rings is 2.